The van der Waals surface area contributed by atoms with Crippen molar-refractivity contribution >= 4 is 5.91 Å². The van der Waals surface area contributed by atoms with Gasteiger partial charge >= 0.3 is 0 Å². The molecule has 0 aromatic rings. The van der Waals surface area contributed by atoms with Crippen LogP contribution in [0.2, 0.25) is 0 Å². The smallest absolute Gasteiger partial charge is 0.234 e. The predicted octanol–water partition coefficient (Wildman–Crippen LogP) is 0.728. The van der Waals surface area contributed by atoms with Crippen LogP contribution < -0.4 is 10.6 Å². The number of rotatable bonds is 8. The van der Waals surface area contributed by atoms with Crippen molar-refractivity contribution in [3.05, 3.63) is 0 Å². The van der Waals surface area contributed by atoms with Gasteiger partial charge in [0.15, 0.2) is 0 Å². The summed E-state index contributed by atoms with van der Waals surface area (Å²) in [5.41, 5.74) is 0. The van der Waals surface area contributed by atoms with Crippen molar-refractivity contribution in [2.75, 3.05) is 39.3 Å². The zero-order chi connectivity index (χ0) is 13.9. The normalized spacial score (nSPS) is 19.9. The first kappa shape index (κ1) is 15.9. The molecule has 1 unspecified atom stereocenters. The van der Waals surface area contributed by atoms with E-state index in [2.05, 4.69) is 22.5 Å². The van der Waals surface area contributed by atoms with Gasteiger partial charge < -0.3 is 10.6 Å². The van der Waals surface area contributed by atoms with Crippen LogP contribution in [-0.2, 0) is 4.79 Å². The molecular weight excluding hydrogens is 240 g/mol. The third-order valence-corrected chi connectivity index (χ3v) is 3.39. The minimum atomic E-state index is 0.0393. The lowest BCUT2D eigenvalue weighted by Crippen LogP contribution is -2.44. The highest BCUT2D eigenvalue weighted by atomic mass is 16.2. The number of hydrogen-bond donors (Lipinski definition) is 2. The highest BCUT2D eigenvalue weighted by molar-refractivity contribution is 5.78. The van der Waals surface area contributed by atoms with Crippen LogP contribution in [-0.4, -0.2) is 50.1 Å². The first-order valence-electron chi connectivity index (χ1n) is 7.33. The summed E-state index contributed by atoms with van der Waals surface area (Å²) in [4.78, 5) is 13.9. The summed E-state index contributed by atoms with van der Waals surface area (Å²) in [7, 11) is 0. The molecule has 5 heteroatoms. The first-order chi connectivity index (χ1) is 9.26. The largest absolute Gasteiger partial charge is 0.354 e. The molecule has 1 saturated heterocycles. The molecule has 5 nitrogen and oxygen atoms in total. The monoisotopic (exact) mass is 266 g/mol. The molecule has 108 valence electrons. The molecule has 0 aromatic carbocycles. The summed E-state index contributed by atoms with van der Waals surface area (Å²) in [6, 6.07) is 2.03. The SMILES string of the molecule is CCCNCC1CCCN(CC(=O)NCCC#N)C1. The van der Waals surface area contributed by atoms with E-state index in [1.54, 1.807) is 0 Å². The third-order valence-electron chi connectivity index (χ3n) is 3.39. The average molecular weight is 266 g/mol. The lowest BCUT2D eigenvalue weighted by atomic mass is 9.98. The van der Waals surface area contributed by atoms with Gasteiger partial charge in [-0.1, -0.05) is 6.92 Å². The maximum Gasteiger partial charge on any atom is 0.234 e. The Labute approximate surface area is 116 Å². The van der Waals surface area contributed by atoms with Gasteiger partial charge in [0.05, 0.1) is 19.0 Å². The molecule has 2 N–H and O–H groups in total. The van der Waals surface area contributed by atoms with E-state index in [-0.39, 0.29) is 5.91 Å². The number of hydrogen-bond acceptors (Lipinski definition) is 4. The van der Waals surface area contributed by atoms with Gasteiger partial charge in [0.1, 0.15) is 0 Å². The standard InChI is InChI=1S/C14H26N4O/c1-2-7-16-10-13-5-3-9-18(11-13)12-14(19)17-8-4-6-15/h13,16H,2-5,7-12H2,1H3,(H,17,19). The van der Waals surface area contributed by atoms with Crippen LogP contribution in [0.1, 0.15) is 32.6 Å². The second kappa shape index (κ2) is 9.76. The van der Waals surface area contributed by atoms with Crippen LogP contribution in [0, 0.1) is 17.2 Å². The quantitative estimate of drug-likeness (QED) is 0.636. The summed E-state index contributed by atoms with van der Waals surface area (Å²) >= 11 is 0. The molecule has 19 heavy (non-hydrogen) atoms. The summed E-state index contributed by atoms with van der Waals surface area (Å²) in [6.45, 7) is 7.25. The fraction of sp³-hybridized carbons (Fsp3) is 0.857. The van der Waals surface area contributed by atoms with E-state index in [0.717, 1.165) is 32.6 Å². The predicted molar refractivity (Wildman–Crippen MR) is 75.6 cm³/mol. The van der Waals surface area contributed by atoms with Crippen molar-refractivity contribution in [1.29, 1.82) is 5.26 Å². The molecule has 0 aliphatic carbocycles. The number of amides is 1. The first-order valence-corrected chi connectivity index (χ1v) is 7.33. The van der Waals surface area contributed by atoms with Crippen molar-refractivity contribution in [2.24, 2.45) is 5.92 Å². The van der Waals surface area contributed by atoms with Crippen LogP contribution in [0.3, 0.4) is 0 Å². The summed E-state index contributed by atoms with van der Waals surface area (Å²) in [6.07, 6.45) is 3.97. The van der Waals surface area contributed by atoms with E-state index in [1.807, 2.05) is 6.07 Å². The van der Waals surface area contributed by atoms with Gasteiger partial charge in [-0.3, -0.25) is 9.69 Å². The number of nitrogens with zero attached hydrogens (tertiary/aromatic N) is 2. The van der Waals surface area contributed by atoms with Gasteiger partial charge in [-0.05, 0) is 44.8 Å². The van der Waals surface area contributed by atoms with Gasteiger partial charge in [0.2, 0.25) is 5.91 Å². The van der Waals surface area contributed by atoms with Crippen molar-refractivity contribution in [2.45, 2.75) is 32.6 Å². The van der Waals surface area contributed by atoms with E-state index in [4.69, 9.17) is 5.26 Å². The molecule has 1 aliphatic heterocycles. The zero-order valence-electron chi connectivity index (χ0n) is 12.0. The van der Waals surface area contributed by atoms with Crippen LogP contribution in [0.4, 0.5) is 0 Å². The summed E-state index contributed by atoms with van der Waals surface area (Å²) in [5.74, 6) is 0.699. The number of nitrogens with one attached hydrogen (secondary N) is 2. The topological polar surface area (TPSA) is 68.2 Å². The molecule has 1 heterocycles. The fourth-order valence-corrected chi connectivity index (χ4v) is 2.46. The zero-order valence-corrected chi connectivity index (χ0v) is 12.0. The van der Waals surface area contributed by atoms with Gasteiger partial charge in [0, 0.05) is 13.1 Å². The van der Waals surface area contributed by atoms with Crippen molar-refractivity contribution in [1.82, 2.24) is 15.5 Å². The van der Waals surface area contributed by atoms with Crippen molar-refractivity contribution in [3.63, 3.8) is 0 Å². The van der Waals surface area contributed by atoms with Crippen LogP contribution >= 0.6 is 0 Å². The Morgan fingerprint density at radius 3 is 3.05 bits per heavy atom. The molecule has 1 amide bonds. The van der Waals surface area contributed by atoms with E-state index < -0.39 is 0 Å². The molecule has 0 radical (unpaired) electrons. The maximum absolute atomic E-state index is 11.7. The summed E-state index contributed by atoms with van der Waals surface area (Å²) in [5, 5.41) is 14.7. The van der Waals surface area contributed by atoms with E-state index in [9.17, 15) is 4.79 Å². The van der Waals surface area contributed by atoms with Crippen LogP contribution in [0.25, 0.3) is 0 Å². The molecule has 0 spiro atoms. The lowest BCUT2D eigenvalue weighted by Gasteiger charge is -2.32. The molecule has 1 rings (SSSR count). The lowest BCUT2D eigenvalue weighted by molar-refractivity contribution is -0.122. The van der Waals surface area contributed by atoms with Gasteiger partial charge in [-0.25, -0.2) is 0 Å². The van der Waals surface area contributed by atoms with Gasteiger partial charge in [0.25, 0.3) is 0 Å². The molecule has 0 bridgehead atoms. The molecule has 1 atom stereocenters. The van der Waals surface area contributed by atoms with Crippen LogP contribution in [0.5, 0.6) is 0 Å². The second-order valence-electron chi connectivity index (χ2n) is 5.21. The Kier molecular flexibility index (Phi) is 8.19. The highest BCUT2D eigenvalue weighted by Crippen LogP contribution is 2.15. The maximum atomic E-state index is 11.7. The van der Waals surface area contributed by atoms with Crippen molar-refractivity contribution < 1.29 is 4.79 Å². The number of carbonyl (C=O) groups is 1. The third kappa shape index (κ3) is 7.14. The molecule has 0 aromatic heterocycles. The fourth-order valence-electron chi connectivity index (χ4n) is 2.46. The Bertz CT molecular complexity index is 300. The summed E-state index contributed by atoms with van der Waals surface area (Å²) < 4.78 is 0. The molecule has 1 aliphatic rings. The Balaban J connectivity index is 2.19. The van der Waals surface area contributed by atoms with E-state index in [1.165, 1.54) is 12.8 Å². The number of likely N-dealkylation sites (tertiary alicyclic amines) is 1. The molecule has 0 saturated carbocycles. The molecule has 1 fully saturated rings. The van der Waals surface area contributed by atoms with Gasteiger partial charge in [-0.15, -0.1) is 0 Å². The highest BCUT2D eigenvalue weighted by Gasteiger charge is 2.20. The Morgan fingerprint density at radius 1 is 1.47 bits per heavy atom. The minimum absolute atomic E-state index is 0.0393. The van der Waals surface area contributed by atoms with E-state index in [0.29, 0.717) is 25.4 Å². The Hall–Kier alpha value is -1.12. The minimum Gasteiger partial charge on any atom is -0.354 e. The molecular formula is C14H26N4O. The van der Waals surface area contributed by atoms with E-state index >= 15 is 0 Å². The number of piperidine rings is 1. The average Bonchev–Trinajstić information content (AvgIpc) is 2.40. The van der Waals surface area contributed by atoms with Gasteiger partial charge in [-0.2, -0.15) is 5.26 Å². The van der Waals surface area contributed by atoms with Crippen molar-refractivity contribution in [3.8, 4) is 6.07 Å². The number of carbonyl (C=O) groups excluding carboxylic acids is 1. The Morgan fingerprint density at radius 2 is 2.32 bits per heavy atom. The number of nitriles is 1. The second-order valence-corrected chi connectivity index (χ2v) is 5.21. The van der Waals surface area contributed by atoms with Crippen LogP contribution in [0.15, 0.2) is 0 Å².